The highest BCUT2D eigenvalue weighted by molar-refractivity contribution is 5.78. The number of hydrogen-bond acceptors (Lipinski definition) is 3. The minimum Gasteiger partial charge on any atom is -0.445 e. The van der Waals surface area contributed by atoms with Crippen molar-refractivity contribution in [2.45, 2.75) is 5.72 Å². The average molecular weight is 331 g/mol. The fourth-order valence-corrected chi connectivity index (χ4v) is 2.60. The van der Waals surface area contributed by atoms with Crippen molar-refractivity contribution < 1.29 is 18.3 Å². The summed E-state index contributed by atoms with van der Waals surface area (Å²) < 4.78 is 33.9. The zero-order chi connectivity index (χ0) is 17.3. The summed E-state index contributed by atoms with van der Waals surface area (Å²) in [7, 11) is 3.07. The molecule has 0 bridgehead atoms. The minimum absolute atomic E-state index is 0.138. The van der Waals surface area contributed by atoms with Crippen molar-refractivity contribution >= 4 is 12.4 Å². The van der Waals surface area contributed by atoms with E-state index < -0.39 is 23.4 Å². The summed E-state index contributed by atoms with van der Waals surface area (Å²) in [6.07, 6.45) is 1.05. The fraction of sp³-hybridized carbons (Fsp3) is 0.176. The molecule has 3 rings (SSSR count). The molecule has 0 aromatic heterocycles. The first-order valence-electron chi connectivity index (χ1n) is 7.19. The van der Waals surface area contributed by atoms with Gasteiger partial charge in [0.15, 0.2) is 6.40 Å². The number of nitrogens with zero attached hydrogens (tertiary/aromatic N) is 3. The van der Waals surface area contributed by atoms with Crippen LogP contribution in [-0.4, -0.2) is 36.4 Å². The Bertz CT molecular complexity index is 796. The molecule has 1 atom stereocenters. The molecule has 24 heavy (non-hydrogen) atoms. The molecule has 1 aliphatic rings. The van der Waals surface area contributed by atoms with Gasteiger partial charge in [-0.25, -0.2) is 13.6 Å². The van der Waals surface area contributed by atoms with Crippen molar-refractivity contribution in [1.29, 1.82) is 0 Å². The quantitative estimate of drug-likeness (QED) is 0.849. The Labute approximate surface area is 137 Å². The topological polar surface area (TPSA) is 45.1 Å². The van der Waals surface area contributed by atoms with Gasteiger partial charge in [-0.3, -0.25) is 0 Å². The van der Waals surface area contributed by atoms with Crippen molar-refractivity contribution in [2.75, 3.05) is 14.1 Å². The van der Waals surface area contributed by atoms with E-state index in [2.05, 4.69) is 5.10 Å². The van der Waals surface area contributed by atoms with Crippen LogP contribution in [0.15, 0.2) is 53.6 Å². The molecule has 5 nitrogen and oxygen atoms in total. The van der Waals surface area contributed by atoms with Crippen LogP contribution in [0.4, 0.5) is 13.6 Å². The van der Waals surface area contributed by atoms with Crippen molar-refractivity contribution in [2.24, 2.45) is 5.10 Å². The van der Waals surface area contributed by atoms with Crippen LogP contribution in [0.1, 0.15) is 11.1 Å². The van der Waals surface area contributed by atoms with Crippen LogP contribution in [-0.2, 0) is 10.5 Å². The van der Waals surface area contributed by atoms with E-state index in [0.717, 1.165) is 29.6 Å². The maximum absolute atomic E-state index is 14.5. The van der Waals surface area contributed by atoms with Gasteiger partial charge in [-0.2, -0.15) is 5.01 Å². The highest BCUT2D eigenvalue weighted by atomic mass is 19.1. The molecule has 0 N–H and O–H groups in total. The normalized spacial score (nSPS) is 19.2. The number of hydrazone groups is 1. The van der Waals surface area contributed by atoms with Gasteiger partial charge in [-0.1, -0.05) is 30.3 Å². The van der Waals surface area contributed by atoms with E-state index in [-0.39, 0.29) is 5.56 Å². The van der Waals surface area contributed by atoms with E-state index in [1.54, 1.807) is 30.3 Å². The van der Waals surface area contributed by atoms with Gasteiger partial charge in [0.05, 0.1) is 5.56 Å². The number of carbonyl (C=O) groups is 1. The molecule has 2 aromatic rings. The molecule has 1 heterocycles. The third kappa shape index (κ3) is 2.38. The number of amides is 2. The third-order valence-corrected chi connectivity index (χ3v) is 3.71. The van der Waals surface area contributed by atoms with Gasteiger partial charge in [0.2, 0.25) is 0 Å². The molecule has 0 fully saturated rings. The second-order valence-electron chi connectivity index (χ2n) is 5.46. The van der Waals surface area contributed by atoms with E-state index in [0.29, 0.717) is 5.56 Å². The van der Waals surface area contributed by atoms with Crippen LogP contribution in [0.25, 0.3) is 0 Å². The van der Waals surface area contributed by atoms with Crippen LogP contribution in [0.2, 0.25) is 0 Å². The second kappa shape index (κ2) is 5.92. The first-order valence-corrected chi connectivity index (χ1v) is 7.19. The van der Waals surface area contributed by atoms with Gasteiger partial charge in [-0.05, 0) is 18.2 Å². The Hall–Kier alpha value is -2.96. The zero-order valence-corrected chi connectivity index (χ0v) is 13.1. The molecular weight excluding hydrogens is 316 g/mol. The number of halogens is 2. The number of rotatable bonds is 2. The lowest BCUT2D eigenvalue weighted by molar-refractivity contribution is -0.0117. The highest BCUT2D eigenvalue weighted by Crippen LogP contribution is 2.41. The molecular formula is C17H15F2N3O2. The van der Waals surface area contributed by atoms with E-state index in [4.69, 9.17) is 4.74 Å². The molecule has 0 saturated heterocycles. The second-order valence-corrected chi connectivity index (χ2v) is 5.46. The standard InChI is InChI=1S/C17H15F2N3O2/c1-21(2)16(23)22-17(24-11-20-22,12-6-4-3-5-7-12)14-10-13(18)8-9-15(14)19/h3-11H,1-2H3. The number of hydrogen-bond donors (Lipinski definition) is 0. The molecule has 1 aliphatic heterocycles. The molecule has 124 valence electrons. The Morgan fingerprint density at radius 2 is 1.88 bits per heavy atom. The summed E-state index contributed by atoms with van der Waals surface area (Å²) >= 11 is 0. The minimum atomic E-state index is -1.71. The van der Waals surface area contributed by atoms with Crippen LogP contribution >= 0.6 is 0 Å². The van der Waals surface area contributed by atoms with Crippen molar-refractivity contribution in [1.82, 2.24) is 9.91 Å². The molecule has 2 aromatic carbocycles. The Morgan fingerprint density at radius 1 is 1.17 bits per heavy atom. The van der Waals surface area contributed by atoms with E-state index in [1.807, 2.05) is 0 Å². The summed E-state index contributed by atoms with van der Waals surface area (Å²) in [6, 6.07) is 11.0. The maximum atomic E-state index is 14.5. The molecule has 7 heteroatoms. The van der Waals surface area contributed by atoms with Gasteiger partial charge >= 0.3 is 6.03 Å². The first kappa shape index (κ1) is 15.9. The van der Waals surface area contributed by atoms with Crippen molar-refractivity contribution in [3.05, 3.63) is 71.3 Å². The predicted molar refractivity (Wildman–Crippen MR) is 84.1 cm³/mol. The van der Waals surface area contributed by atoms with E-state index in [9.17, 15) is 13.6 Å². The van der Waals surface area contributed by atoms with Crippen LogP contribution in [0.5, 0.6) is 0 Å². The molecule has 0 spiro atoms. The molecule has 1 unspecified atom stereocenters. The molecule has 0 saturated carbocycles. The average Bonchev–Trinajstić information content (AvgIpc) is 3.02. The van der Waals surface area contributed by atoms with E-state index >= 15 is 0 Å². The van der Waals surface area contributed by atoms with Crippen molar-refractivity contribution in [3.63, 3.8) is 0 Å². The number of carbonyl (C=O) groups excluding carboxylic acids is 1. The summed E-state index contributed by atoms with van der Waals surface area (Å²) in [5.74, 6) is -1.35. The largest absolute Gasteiger partial charge is 0.445 e. The van der Waals surface area contributed by atoms with Gasteiger partial charge in [0, 0.05) is 19.7 Å². The molecule has 2 amide bonds. The number of urea groups is 1. The maximum Gasteiger partial charge on any atom is 0.344 e. The third-order valence-electron chi connectivity index (χ3n) is 3.71. The van der Waals surface area contributed by atoms with E-state index in [1.165, 1.54) is 19.0 Å². The van der Waals surface area contributed by atoms with Crippen LogP contribution < -0.4 is 0 Å². The monoisotopic (exact) mass is 331 g/mol. The van der Waals surface area contributed by atoms with Gasteiger partial charge in [0.25, 0.3) is 5.72 Å². The first-order chi connectivity index (χ1) is 11.5. The number of ether oxygens (including phenoxy) is 1. The summed E-state index contributed by atoms with van der Waals surface area (Å²) in [5.41, 5.74) is -1.40. The van der Waals surface area contributed by atoms with Crippen molar-refractivity contribution in [3.8, 4) is 0 Å². The lowest BCUT2D eigenvalue weighted by atomic mass is 9.93. The Morgan fingerprint density at radius 3 is 2.54 bits per heavy atom. The predicted octanol–water partition coefficient (Wildman–Crippen LogP) is 3.12. The summed E-state index contributed by atoms with van der Waals surface area (Å²) in [5, 5.41) is 4.94. The lowest BCUT2D eigenvalue weighted by Crippen LogP contribution is -2.49. The number of benzene rings is 2. The van der Waals surface area contributed by atoms with Gasteiger partial charge in [0.1, 0.15) is 11.6 Å². The zero-order valence-electron chi connectivity index (χ0n) is 13.1. The van der Waals surface area contributed by atoms with Gasteiger partial charge in [-0.15, -0.1) is 5.10 Å². The summed E-state index contributed by atoms with van der Waals surface area (Å²) in [4.78, 5) is 13.8. The smallest absolute Gasteiger partial charge is 0.344 e. The Balaban J connectivity index is 2.27. The SMILES string of the molecule is CN(C)C(=O)N1N=COC1(c1ccccc1)c1cc(F)ccc1F. The summed E-state index contributed by atoms with van der Waals surface area (Å²) in [6.45, 7) is 0. The Kier molecular flexibility index (Phi) is 3.92. The lowest BCUT2D eigenvalue weighted by Gasteiger charge is -2.36. The molecule has 0 aliphatic carbocycles. The fourth-order valence-electron chi connectivity index (χ4n) is 2.60. The van der Waals surface area contributed by atoms with Crippen LogP contribution in [0, 0.1) is 11.6 Å². The highest BCUT2D eigenvalue weighted by Gasteiger charge is 2.51. The molecule has 0 radical (unpaired) electrons. The van der Waals surface area contributed by atoms with Crippen LogP contribution in [0.3, 0.4) is 0 Å². The van der Waals surface area contributed by atoms with Gasteiger partial charge < -0.3 is 9.64 Å².